The van der Waals surface area contributed by atoms with Crippen LogP contribution in [-0.4, -0.2) is 55.0 Å². The van der Waals surface area contributed by atoms with Crippen LogP contribution in [0.2, 0.25) is 0 Å². The number of aryl methyl sites for hydroxylation is 2. The van der Waals surface area contributed by atoms with Gasteiger partial charge in [-0.1, -0.05) is 13.0 Å². The first-order valence-electron chi connectivity index (χ1n) is 7.30. The number of amides is 1. The number of nitrogens with zero attached hydrogens (tertiary/aromatic N) is 2. The van der Waals surface area contributed by atoms with Crippen LogP contribution in [0.5, 0.6) is 5.75 Å². The Morgan fingerprint density at radius 2 is 1.85 bits per heavy atom. The maximum Gasteiger partial charge on any atom is 0.260 e. The van der Waals surface area contributed by atoms with Crippen molar-refractivity contribution in [2.75, 3.05) is 39.3 Å². The van der Waals surface area contributed by atoms with Gasteiger partial charge >= 0.3 is 0 Å². The van der Waals surface area contributed by atoms with Crippen molar-refractivity contribution in [3.63, 3.8) is 0 Å². The standard InChI is InChI=1S/C16H24N2O2/c1-4-17-7-9-18(10-8-17)16(19)12-20-15-6-5-13(2)14(3)11-15/h5-6,11H,4,7-10,12H2,1-3H3. The van der Waals surface area contributed by atoms with Crippen molar-refractivity contribution < 1.29 is 9.53 Å². The third-order valence-corrected chi connectivity index (χ3v) is 4.01. The van der Waals surface area contributed by atoms with Crippen LogP contribution in [0.4, 0.5) is 0 Å². The lowest BCUT2D eigenvalue weighted by molar-refractivity contribution is -0.135. The topological polar surface area (TPSA) is 32.8 Å². The van der Waals surface area contributed by atoms with Gasteiger partial charge in [0.25, 0.3) is 5.91 Å². The molecular formula is C16H24N2O2. The third-order valence-electron chi connectivity index (χ3n) is 4.01. The van der Waals surface area contributed by atoms with Gasteiger partial charge in [0.1, 0.15) is 5.75 Å². The smallest absolute Gasteiger partial charge is 0.260 e. The molecule has 0 radical (unpaired) electrons. The molecule has 1 aliphatic heterocycles. The first kappa shape index (κ1) is 14.9. The predicted molar refractivity (Wildman–Crippen MR) is 80.1 cm³/mol. The molecule has 0 atom stereocenters. The Bertz CT molecular complexity index is 466. The lowest BCUT2D eigenvalue weighted by Crippen LogP contribution is -2.49. The van der Waals surface area contributed by atoms with Gasteiger partial charge in [-0.15, -0.1) is 0 Å². The number of likely N-dealkylation sites (N-methyl/N-ethyl adjacent to an activating group) is 1. The van der Waals surface area contributed by atoms with E-state index in [4.69, 9.17) is 4.74 Å². The van der Waals surface area contributed by atoms with Gasteiger partial charge in [0.15, 0.2) is 6.61 Å². The van der Waals surface area contributed by atoms with Gasteiger partial charge in [0.05, 0.1) is 0 Å². The first-order chi connectivity index (χ1) is 9.60. The minimum atomic E-state index is 0.0824. The van der Waals surface area contributed by atoms with Crippen molar-refractivity contribution in [1.82, 2.24) is 9.80 Å². The van der Waals surface area contributed by atoms with E-state index in [1.165, 1.54) is 11.1 Å². The van der Waals surface area contributed by atoms with Gasteiger partial charge in [0.2, 0.25) is 0 Å². The van der Waals surface area contributed by atoms with Crippen LogP contribution < -0.4 is 4.74 Å². The fourth-order valence-corrected chi connectivity index (χ4v) is 2.35. The molecule has 0 aromatic heterocycles. The molecule has 4 heteroatoms. The highest BCUT2D eigenvalue weighted by atomic mass is 16.5. The average molecular weight is 276 g/mol. The molecule has 2 rings (SSSR count). The van der Waals surface area contributed by atoms with Crippen LogP contribution in [0.25, 0.3) is 0 Å². The van der Waals surface area contributed by atoms with E-state index in [2.05, 4.69) is 18.7 Å². The summed E-state index contributed by atoms with van der Waals surface area (Å²) in [7, 11) is 0. The van der Waals surface area contributed by atoms with E-state index in [0.29, 0.717) is 0 Å². The summed E-state index contributed by atoms with van der Waals surface area (Å²) < 4.78 is 5.61. The summed E-state index contributed by atoms with van der Waals surface area (Å²) in [5.41, 5.74) is 2.42. The number of carbonyl (C=O) groups is 1. The van der Waals surface area contributed by atoms with Crippen molar-refractivity contribution in [2.24, 2.45) is 0 Å². The second-order valence-corrected chi connectivity index (χ2v) is 5.35. The van der Waals surface area contributed by atoms with Crippen molar-refractivity contribution in [2.45, 2.75) is 20.8 Å². The number of carbonyl (C=O) groups excluding carboxylic acids is 1. The molecule has 1 aromatic rings. The number of hydrogen-bond acceptors (Lipinski definition) is 3. The molecule has 0 N–H and O–H groups in total. The monoisotopic (exact) mass is 276 g/mol. The molecular weight excluding hydrogens is 252 g/mol. The van der Waals surface area contributed by atoms with Crippen molar-refractivity contribution in [1.29, 1.82) is 0 Å². The summed E-state index contributed by atoms with van der Waals surface area (Å²) in [6.45, 7) is 11.0. The van der Waals surface area contributed by atoms with Crippen LogP contribution in [0, 0.1) is 13.8 Å². The van der Waals surface area contributed by atoms with Crippen LogP contribution in [0.15, 0.2) is 18.2 Å². The maximum absolute atomic E-state index is 12.1. The molecule has 1 aromatic carbocycles. The zero-order chi connectivity index (χ0) is 14.5. The molecule has 20 heavy (non-hydrogen) atoms. The second kappa shape index (κ2) is 6.75. The highest BCUT2D eigenvalue weighted by Gasteiger charge is 2.20. The number of ether oxygens (including phenoxy) is 1. The summed E-state index contributed by atoms with van der Waals surface area (Å²) in [4.78, 5) is 16.4. The second-order valence-electron chi connectivity index (χ2n) is 5.35. The number of hydrogen-bond donors (Lipinski definition) is 0. The third kappa shape index (κ3) is 3.73. The predicted octanol–water partition coefficient (Wildman–Crippen LogP) is 1.85. The van der Waals surface area contributed by atoms with Crippen molar-refractivity contribution in [3.05, 3.63) is 29.3 Å². The molecule has 110 valence electrons. The van der Waals surface area contributed by atoms with E-state index in [0.717, 1.165) is 38.5 Å². The van der Waals surface area contributed by atoms with Gasteiger partial charge in [-0.3, -0.25) is 4.79 Å². The molecule has 1 amide bonds. The van der Waals surface area contributed by atoms with Gasteiger partial charge in [-0.25, -0.2) is 0 Å². The Balaban J connectivity index is 1.81. The fourth-order valence-electron chi connectivity index (χ4n) is 2.35. The molecule has 0 saturated carbocycles. The molecule has 4 nitrogen and oxygen atoms in total. The van der Waals surface area contributed by atoms with Crippen LogP contribution in [0.3, 0.4) is 0 Å². The molecule has 0 bridgehead atoms. The van der Waals surface area contributed by atoms with Gasteiger partial charge < -0.3 is 14.5 Å². The fraction of sp³-hybridized carbons (Fsp3) is 0.562. The molecule has 1 fully saturated rings. The van der Waals surface area contributed by atoms with Crippen LogP contribution in [-0.2, 0) is 4.79 Å². The molecule has 0 aliphatic carbocycles. The van der Waals surface area contributed by atoms with E-state index in [9.17, 15) is 4.79 Å². The largest absolute Gasteiger partial charge is 0.484 e. The van der Waals surface area contributed by atoms with E-state index in [-0.39, 0.29) is 12.5 Å². The Labute approximate surface area is 121 Å². The number of rotatable bonds is 4. The highest BCUT2D eigenvalue weighted by molar-refractivity contribution is 5.77. The zero-order valence-electron chi connectivity index (χ0n) is 12.7. The minimum absolute atomic E-state index is 0.0824. The van der Waals surface area contributed by atoms with E-state index in [1.807, 2.05) is 30.0 Å². The molecule has 0 unspecified atom stereocenters. The Morgan fingerprint density at radius 1 is 1.15 bits per heavy atom. The first-order valence-corrected chi connectivity index (χ1v) is 7.30. The van der Waals surface area contributed by atoms with E-state index in [1.54, 1.807) is 0 Å². The van der Waals surface area contributed by atoms with Gasteiger partial charge in [-0.05, 0) is 43.7 Å². The quantitative estimate of drug-likeness (QED) is 0.841. The van der Waals surface area contributed by atoms with Crippen LogP contribution >= 0.6 is 0 Å². The summed E-state index contributed by atoms with van der Waals surface area (Å²) in [5.74, 6) is 0.854. The summed E-state index contributed by atoms with van der Waals surface area (Å²) in [5, 5.41) is 0. The number of benzene rings is 1. The summed E-state index contributed by atoms with van der Waals surface area (Å²) in [6.07, 6.45) is 0. The average Bonchev–Trinajstić information content (AvgIpc) is 2.48. The minimum Gasteiger partial charge on any atom is -0.484 e. The Morgan fingerprint density at radius 3 is 2.45 bits per heavy atom. The molecule has 1 heterocycles. The van der Waals surface area contributed by atoms with Gasteiger partial charge in [-0.2, -0.15) is 0 Å². The molecule has 0 spiro atoms. The normalized spacial score (nSPS) is 16.2. The van der Waals surface area contributed by atoms with Crippen molar-refractivity contribution >= 4 is 5.91 Å². The van der Waals surface area contributed by atoms with E-state index < -0.39 is 0 Å². The Kier molecular flexibility index (Phi) is 5.01. The lowest BCUT2D eigenvalue weighted by atomic mass is 10.1. The maximum atomic E-state index is 12.1. The number of piperazine rings is 1. The Hall–Kier alpha value is -1.55. The van der Waals surface area contributed by atoms with Gasteiger partial charge in [0, 0.05) is 26.2 Å². The molecule has 1 saturated heterocycles. The summed E-state index contributed by atoms with van der Waals surface area (Å²) in [6, 6.07) is 5.93. The summed E-state index contributed by atoms with van der Waals surface area (Å²) >= 11 is 0. The molecule has 1 aliphatic rings. The zero-order valence-corrected chi connectivity index (χ0v) is 12.7. The highest BCUT2D eigenvalue weighted by Crippen LogP contribution is 2.16. The SMILES string of the molecule is CCN1CCN(C(=O)COc2ccc(C)c(C)c2)CC1. The van der Waals surface area contributed by atoms with Crippen LogP contribution in [0.1, 0.15) is 18.1 Å². The van der Waals surface area contributed by atoms with Crippen molar-refractivity contribution in [3.8, 4) is 5.75 Å². The lowest BCUT2D eigenvalue weighted by Gasteiger charge is -2.33. The van der Waals surface area contributed by atoms with E-state index >= 15 is 0 Å².